The Bertz CT molecular complexity index is 1570. The van der Waals surface area contributed by atoms with Crippen LogP contribution >= 0.6 is 0 Å². The molecule has 0 fully saturated rings. The van der Waals surface area contributed by atoms with Crippen molar-refractivity contribution < 1.29 is 18.4 Å². The fourth-order valence-electron chi connectivity index (χ4n) is 4.29. The Hall–Kier alpha value is -4.00. The van der Waals surface area contributed by atoms with Crippen molar-refractivity contribution in [3.8, 4) is 5.75 Å². The first-order valence-electron chi connectivity index (χ1n) is 10.8. The van der Waals surface area contributed by atoms with E-state index in [9.17, 15) is 9.59 Å². The lowest BCUT2D eigenvalue weighted by atomic mass is 10.0. The molecule has 0 saturated carbocycles. The molecule has 3 heterocycles. The lowest BCUT2D eigenvalue weighted by molar-refractivity contribution is -0.120. The maximum atomic E-state index is 12.6. The third kappa shape index (κ3) is 3.75. The SMILES string of the molecule is COc1ccc2[nH]cc(CCNC(=O)Cc3c(C)c4cc5c(C)coc5cc4oc3=O)c2c1. The van der Waals surface area contributed by atoms with Gasteiger partial charge in [0.15, 0.2) is 0 Å². The summed E-state index contributed by atoms with van der Waals surface area (Å²) in [5, 5.41) is 5.76. The summed E-state index contributed by atoms with van der Waals surface area (Å²) in [7, 11) is 1.64. The van der Waals surface area contributed by atoms with Crippen LogP contribution < -0.4 is 15.7 Å². The van der Waals surface area contributed by atoms with Crippen molar-refractivity contribution in [2.75, 3.05) is 13.7 Å². The summed E-state index contributed by atoms with van der Waals surface area (Å²) in [6.45, 7) is 4.27. The van der Waals surface area contributed by atoms with E-state index >= 15 is 0 Å². The van der Waals surface area contributed by atoms with Gasteiger partial charge in [-0.15, -0.1) is 0 Å². The van der Waals surface area contributed by atoms with Gasteiger partial charge in [-0.3, -0.25) is 4.79 Å². The van der Waals surface area contributed by atoms with Gasteiger partial charge in [0.1, 0.15) is 16.9 Å². The van der Waals surface area contributed by atoms with Gasteiger partial charge in [0.05, 0.1) is 25.4 Å². The van der Waals surface area contributed by atoms with Crippen LogP contribution in [0.1, 0.15) is 22.3 Å². The lowest BCUT2D eigenvalue weighted by Gasteiger charge is -2.09. The maximum absolute atomic E-state index is 12.6. The fraction of sp³-hybridized carbons (Fsp3) is 0.231. The molecule has 2 N–H and O–H groups in total. The van der Waals surface area contributed by atoms with E-state index in [0.717, 1.165) is 44.1 Å². The summed E-state index contributed by atoms with van der Waals surface area (Å²) >= 11 is 0. The Morgan fingerprint density at radius 1 is 1.09 bits per heavy atom. The number of amides is 1. The van der Waals surface area contributed by atoms with Crippen molar-refractivity contribution in [3.05, 3.63) is 75.5 Å². The number of H-pyrrole nitrogens is 1. The van der Waals surface area contributed by atoms with Crippen molar-refractivity contribution in [3.63, 3.8) is 0 Å². The number of ether oxygens (including phenoxy) is 1. The summed E-state index contributed by atoms with van der Waals surface area (Å²) in [5.74, 6) is 0.566. The van der Waals surface area contributed by atoms with E-state index in [2.05, 4.69) is 10.3 Å². The molecular weight excluding hydrogens is 420 g/mol. The van der Waals surface area contributed by atoms with Crippen LogP contribution in [0, 0.1) is 13.8 Å². The molecule has 168 valence electrons. The Balaban J connectivity index is 1.32. The third-order valence-corrected chi connectivity index (χ3v) is 6.20. The zero-order valence-corrected chi connectivity index (χ0v) is 18.7. The monoisotopic (exact) mass is 444 g/mol. The van der Waals surface area contributed by atoms with Crippen LogP contribution in [0.25, 0.3) is 32.8 Å². The van der Waals surface area contributed by atoms with Gasteiger partial charge in [-0.25, -0.2) is 4.79 Å². The van der Waals surface area contributed by atoms with Gasteiger partial charge in [-0.05, 0) is 61.2 Å². The summed E-state index contributed by atoms with van der Waals surface area (Å²) in [6, 6.07) is 9.53. The molecule has 0 aliphatic carbocycles. The molecule has 1 amide bonds. The van der Waals surface area contributed by atoms with E-state index < -0.39 is 5.63 Å². The molecule has 0 aliphatic rings. The molecule has 5 rings (SSSR count). The highest BCUT2D eigenvalue weighted by Gasteiger charge is 2.17. The molecule has 3 aromatic heterocycles. The Labute approximate surface area is 189 Å². The highest BCUT2D eigenvalue weighted by atomic mass is 16.5. The smallest absolute Gasteiger partial charge is 0.340 e. The van der Waals surface area contributed by atoms with Crippen LogP contribution in [0.4, 0.5) is 0 Å². The van der Waals surface area contributed by atoms with Crippen molar-refractivity contribution in [2.45, 2.75) is 26.7 Å². The Morgan fingerprint density at radius 3 is 2.76 bits per heavy atom. The van der Waals surface area contributed by atoms with Gasteiger partial charge in [0.25, 0.3) is 0 Å². The molecule has 0 bridgehead atoms. The molecule has 5 aromatic rings. The summed E-state index contributed by atoms with van der Waals surface area (Å²) in [5.41, 5.74) is 4.86. The second kappa shape index (κ2) is 8.16. The molecule has 0 aliphatic heterocycles. The van der Waals surface area contributed by atoms with Crippen molar-refractivity contribution in [1.82, 2.24) is 10.3 Å². The second-order valence-corrected chi connectivity index (χ2v) is 8.26. The number of carbonyl (C=O) groups is 1. The molecular formula is C26H24N2O5. The van der Waals surface area contributed by atoms with Crippen LogP contribution in [-0.2, 0) is 17.6 Å². The molecule has 7 nitrogen and oxygen atoms in total. The fourth-order valence-corrected chi connectivity index (χ4v) is 4.29. The van der Waals surface area contributed by atoms with Gasteiger partial charge < -0.3 is 23.9 Å². The number of hydrogen-bond acceptors (Lipinski definition) is 5. The van der Waals surface area contributed by atoms with E-state index in [0.29, 0.717) is 29.7 Å². The van der Waals surface area contributed by atoms with E-state index in [-0.39, 0.29) is 12.3 Å². The van der Waals surface area contributed by atoms with Crippen LogP contribution in [0.2, 0.25) is 0 Å². The molecule has 33 heavy (non-hydrogen) atoms. The van der Waals surface area contributed by atoms with Gasteiger partial charge in [-0.2, -0.15) is 0 Å². The first-order valence-corrected chi connectivity index (χ1v) is 10.8. The van der Waals surface area contributed by atoms with Crippen molar-refractivity contribution in [2.24, 2.45) is 0 Å². The number of nitrogens with one attached hydrogen (secondary N) is 2. The van der Waals surface area contributed by atoms with Crippen LogP contribution in [0.15, 0.2) is 56.4 Å². The largest absolute Gasteiger partial charge is 0.497 e. The molecule has 0 unspecified atom stereocenters. The van der Waals surface area contributed by atoms with E-state index in [1.807, 2.05) is 44.3 Å². The second-order valence-electron chi connectivity index (χ2n) is 8.26. The van der Waals surface area contributed by atoms with Gasteiger partial charge in [0, 0.05) is 40.5 Å². The predicted octanol–water partition coefficient (Wildman–Crippen LogP) is 4.55. The normalized spacial score (nSPS) is 11.5. The quantitative estimate of drug-likeness (QED) is 0.375. The minimum absolute atomic E-state index is 0.0335. The predicted molar refractivity (Wildman–Crippen MR) is 127 cm³/mol. The van der Waals surface area contributed by atoms with Crippen LogP contribution in [-0.4, -0.2) is 24.5 Å². The number of fused-ring (bicyclic) bond motifs is 3. The molecule has 0 saturated heterocycles. The zero-order valence-electron chi connectivity index (χ0n) is 18.7. The molecule has 2 aromatic carbocycles. The third-order valence-electron chi connectivity index (χ3n) is 6.20. The number of hydrogen-bond donors (Lipinski definition) is 2. The van der Waals surface area contributed by atoms with Gasteiger partial charge >= 0.3 is 5.63 Å². The lowest BCUT2D eigenvalue weighted by Crippen LogP contribution is -2.29. The highest BCUT2D eigenvalue weighted by Crippen LogP contribution is 2.29. The molecule has 0 spiro atoms. The number of rotatable bonds is 6. The van der Waals surface area contributed by atoms with E-state index in [1.165, 1.54) is 0 Å². The number of aromatic amines is 1. The number of furan rings is 1. The summed E-state index contributed by atoms with van der Waals surface area (Å²) < 4.78 is 16.3. The minimum Gasteiger partial charge on any atom is -0.497 e. The molecule has 0 atom stereocenters. The Morgan fingerprint density at radius 2 is 1.94 bits per heavy atom. The van der Waals surface area contributed by atoms with Crippen LogP contribution in [0.3, 0.4) is 0 Å². The maximum Gasteiger partial charge on any atom is 0.340 e. The minimum atomic E-state index is -0.499. The first-order chi connectivity index (χ1) is 15.9. The number of benzene rings is 2. The van der Waals surface area contributed by atoms with E-state index in [4.69, 9.17) is 13.6 Å². The van der Waals surface area contributed by atoms with Crippen molar-refractivity contribution in [1.29, 1.82) is 0 Å². The highest BCUT2D eigenvalue weighted by molar-refractivity contribution is 5.96. The first kappa shape index (κ1) is 20.9. The van der Waals surface area contributed by atoms with Gasteiger partial charge in [0.2, 0.25) is 5.91 Å². The summed E-state index contributed by atoms with van der Waals surface area (Å²) in [6.07, 6.45) is 4.24. The van der Waals surface area contributed by atoms with Crippen molar-refractivity contribution >= 4 is 38.7 Å². The standard InChI is InChI=1S/C26H24N2O5/c1-14-13-32-23-11-24-19(9-18(14)23)15(2)20(26(30)33-24)10-25(29)27-7-6-16-12-28-22-5-4-17(31-3)8-21(16)22/h4-5,8-9,11-13,28H,6-7,10H2,1-3H3,(H,27,29). The molecule has 0 radical (unpaired) electrons. The topological polar surface area (TPSA) is 97.5 Å². The average Bonchev–Trinajstić information content (AvgIpc) is 3.38. The summed E-state index contributed by atoms with van der Waals surface area (Å²) in [4.78, 5) is 28.5. The number of aromatic nitrogens is 1. The van der Waals surface area contributed by atoms with E-state index in [1.54, 1.807) is 19.4 Å². The average molecular weight is 444 g/mol. The number of carbonyl (C=O) groups excluding carboxylic acids is 1. The molecule has 7 heteroatoms. The van der Waals surface area contributed by atoms with Crippen LogP contribution in [0.5, 0.6) is 5.75 Å². The zero-order chi connectivity index (χ0) is 23.1. The van der Waals surface area contributed by atoms with Gasteiger partial charge in [-0.1, -0.05) is 0 Å². The number of aryl methyl sites for hydroxylation is 2. The Kier molecular flexibility index (Phi) is 5.17. The number of methoxy groups -OCH3 is 1.